The summed E-state index contributed by atoms with van der Waals surface area (Å²) < 4.78 is 5.01. The van der Waals surface area contributed by atoms with Crippen molar-refractivity contribution in [3.63, 3.8) is 0 Å². The lowest BCUT2D eigenvalue weighted by molar-refractivity contribution is -0.116. The zero-order valence-electron chi connectivity index (χ0n) is 9.54. The molecule has 1 fully saturated rings. The van der Waals surface area contributed by atoms with Gasteiger partial charge in [-0.3, -0.25) is 19.8 Å². The number of thiocarbonyl (C=S) groups is 1. The van der Waals surface area contributed by atoms with Crippen LogP contribution in [0.15, 0.2) is 42.3 Å². The molecule has 2 rings (SSSR count). The number of nitrogens with one attached hydrogen (secondary N) is 1. The van der Waals surface area contributed by atoms with E-state index in [1.54, 1.807) is 24.3 Å². The summed E-state index contributed by atoms with van der Waals surface area (Å²) in [4.78, 5) is 24.3. The molecule has 1 N–H and O–H groups in total. The standard InChI is InChI=1S/C12H10N2O3S/c1-8(15)14(9-5-3-2-4-6-9)7-10-11(16)13-12(18)17-10/h2-7H,1H3,(H,13,16,18)/b10-7-. The van der Waals surface area contributed by atoms with Crippen LogP contribution in [0.5, 0.6) is 0 Å². The number of amides is 2. The minimum atomic E-state index is -0.456. The van der Waals surface area contributed by atoms with E-state index in [1.807, 2.05) is 6.07 Å². The molecule has 1 aromatic rings. The van der Waals surface area contributed by atoms with E-state index in [1.165, 1.54) is 18.0 Å². The van der Waals surface area contributed by atoms with Crippen LogP contribution in [0.25, 0.3) is 0 Å². The first kappa shape index (κ1) is 12.3. The van der Waals surface area contributed by atoms with Crippen molar-refractivity contribution < 1.29 is 14.3 Å². The first-order valence-electron chi connectivity index (χ1n) is 5.18. The topological polar surface area (TPSA) is 58.6 Å². The summed E-state index contributed by atoms with van der Waals surface area (Å²) in [6, 6.07) is 8.93. The average molecular weight is 262 g/mol. The quantitative estimate of drug-likeness (QED) is 0.645. The Kier molecular flexibility index (Phi) is 3.38. The molecule has 1 aliphatic rings. The fraction of sp³-hybridized carbons (Fsp3) is 0.0833. The van der Waals surface area contributed by atoms with Crippen molar-refractivity contribution in [1.29, 1.82) is 0 Å². The molecule has 0 bridgehead atoms. The fourth-order valence-electron chi connectivity index (χ4n) is 1.46. The van der Waals surface area contributed by atoms with Crippen molar-refractivity contribution in [2.75, 3.05) is 4.90 Å². The number of hydrogen-bond acceptors (Lipinski definition) is 4. The molecular formula is C12H10N2O3S. The van der Waals surface area contributed by atoms with E-state index in [-0.39, 0.29) is 16.8 Å². The molecule has 0 atom stereocenters. The Morgan fingerprint density at radius 2 is 2.06 bits per heavy atom. The Morgan fingerprint density at radius 1 is 1.39 bits per heavy atom. The predicted molar refractivity (Wildman–Crippen MR) is 69.5 cm³/mol. The number of anilines is 1. The van der Waals surface area contributed by atoms with Crippen molar-refractivity contribution in [2.24, 2.45) is 0 Å². The summed E-state index contributed by atoms with van der Waals surface area (Å²) in [6.45, 7) is 1.40. The van der Waals surface area contributed by atoms with Crippen molar-refractivity contribution in [3.05, 3.63) is 42.3 Å². The highest BCUT2D eigenvalue weighted by molar-refractivity contribution is 7.80. The molecule has 1 heterocycles. The van der Waals surface area contributed by atoms with Crippen molar-refractivity contribution >= 4 is 34.9 Å². The molecule has 92 valence electrons. The van der Waals surface area contributed by atoms with Crippen molar-refractivity contribution in [2.45, 2.75) is 6.92 Å². The number of nitrogens with zero attached hydrogens (tertiary/aromatic N) is 1. The van der Waals surface area contributed by atoms with Gasteiger partial charge in [-0.15, -0.1) is 0 Å². The zero-order chi connectivity index (χ0) is 13.1. The number of hydrogen-bond donors (Lipinski definition) is 1. The minimum Gasteiger partial charge on any atom is -0.424 e. The molecule has 5 nitrogen and oxygen atoms in total. The van der Waals surface area contributed by atoms with Crippen LogP contribution in [0.1, 0.15) is 6.92 Å². The summed E-state index contributed by atoms with van der Waals surface area (Å²) >= 11 is 4.71. The summed E-state index contributed by atoms with van der Waals surface area (Å²) in [5, 5.41) is 2.32. The molecule has 0 spiro atoms. The number of ether oxygens (including phenoxy) is 1. The molecule has 2 amide bonds. The van der Waals surface area contributed by atoms with Gasteiger partial charge in [0.1, 0.15) is 0 Å². The van der Waals surface area contributed by atoms with E-state index in [9.17, 15) is 9.59 Å². The third-order valence-corrected chi connectivity index (χ3v) is 2.45. The number of rotatable bonds is 2. The van der Waals surface area contributed by atoms with Gasteiger partial charge < -0.3 is 4.74 Å². The molecule has 6 heteroatoms. The fourth-order valence-corrected chi connectivity index (χ4v) is 1.65. The minimum absolute atomic E-state index is 0.000877. The molecule has 1 aliphatic heterocycles. The van der Waals surface area contributed by atoms with Gasteiger partial charge in [0.2, 0.25) is 11.7 Å². The van der Waals surface area contributed by atoms with Gasteiger partial charge >= 0.3 is 0 Å². The lowest BCUT2D eigenvalue weighted by Gasteiger charge is -2.16. The molecular weight excluding hydrogens is 252 g/mol. The molecule has 0 aliphatic carbocycles. The molecule has 18 heavy (non-hydrogen) atoms. The smallest absolute Gasteiger partial charge is 0.296 e. The first-order chi connectivity index (χ1) is 8.58. The second-order valence-electron chi connectivity index (χ2n) is 3.56. The Hall–Kier alpha value is -2.21. The van der Waals surface area contributed by atoms with Crippen LogP contribution in [-0.4, -0.2) is 17.0 Å². The molecule has 1 saturated heterocycles. The van der Waals surface area contributed by atoms with Crippen molar-refractivity contribution in [3.8, 4) is 0 Å². The largest absolute Gasteiger partial charge is 0.424 e. The van der Waals surface area contributed by atoms with E-state index >= 15 is 0 Å². The van der Waals surface area contributed by atoms with Crippen LogP contribution >= 0.6 is 12.2 Å². The lowest BCUT2D eigenvalue weighted by Crippen LogP contribution is -2.24. The average Bonchev–Trinajstić information content (AvgIpc) is 2.65. The highest BCUT2D eigenvalue weighted by atomic mass is 32.1. The third kappa shape index (κ3) is 2.54. The SMILES string of the molecule is CC(=O)N(/C=C1\OC(=S)NC1=O)c1ccccc1. The van der Waals surface area contributed by atoms with Gasteiger partial charge in [-0.05, 0) is 24.4 Å². The van der Waals surface area contributed by atoms with Crippen LogP contribution in [-0.2, 0) is 14.3 Å². The maximum Gasteiger partial charge on any atom is 0.296 e. The number of carbonyl (C=O) groups excluding carboxylic acids is 2. The van der Waals surface area contributed by atoms with Crippen LogP contribution in [0.2, 0.25) is 0 Å². The highest BCUT2D eigenvalue weighted by Crippen LogP contribution is 2.17. The normalized spacial score (nSPS) is 16.4. The van der Waals surface area contributed by atoms with E-state index in [2.05, 4.69) is 5.32 Å². The number of para-hydroxylation sites is 1. The lowest BCUT2D eigenvalue weighted by atomic mass is 10.3. The van der Waals surface area contributed by atoms with Crippen LogP contribution in [0.4, 0.5) is 5.69 Å². The van der Waals surface area contributed by atoms with E-state index in [4.69, 9.17) is 17.0 Å². The van der Waals surface area contributed by atoms with Crippen LogP contribution in [0, 0.1) is 0 Å². The maximum absolute atomic E-state index is 11.6. The predicted octanol–water partition coefficient (Wildman–Crippen LogP) is 1.31. The number of carbonyl (C=O) groups is 2. The highest BCUT2D eigenvalue weighted by Gasteiger charge is 2.25. The van der Waals surface area contributed by atoms with Gasteiger partial charge in [0.25, 0.3) is 11.1 Å². The molecule has 0 aromatic heterocycles. The second kappa shape index (κ2) is 4.97. The molecule has 0 radical (unpaired) electrons. The summed E-state index contributed by atoms with van der Waals surface area (Å²) in [6.07, 6.45) is 1.33. The van der Waals surface area contributed by atoms with Gasteiger partial charge in [-0.2, -0.15) is 0 Å². The van der Waals surface area contributed by atoms with E-state index < -0.39 is 5.91 Å². The Bertz CT molecular complexity index is 540. The maximum atomic E-state index is 11.6. The monoisotopic (exact) mass is 262 g/mol. The Balaban J connectivity index is 2.33. The van der Waals surface area contributed by atoms with Gasteiger partial charge in [-0.25, -0.2) is 0 Å². The molecule has 0 unspecified atom stereocenters. The molecule has 1 aromatic carbocycles. The molecule has 0 saturated carbocycles. The summed E-state index contributed by atoms with van der Waals surface area (Å²) in [5.41, 5.74) is 0.645. The zero-order valence-corrected chi connectivity index (χ0v) is 10.4. The van der Waals surface area contributed by atoms with Gasteiger partial charge in [0.15, 0.2) is 0 Å². The number of benzene rings is 1. The van der Waals surface area contributed by atoms with Crippen LogP contribution in [0.3, 0.4) is 0 Å². The Morgan fingerprint density at radius 3 is 2.56 bits per heavy atom. The van der Waals surface area contributed by atoms with Gasteiger partial charge in [-0.1, -0.05) is 18.2 Å². The Labute approximate surface area is 109 Å². The van der Waals surface area contributed by atoms with E-state index in [0.29, 0.717) is 5.69 Å². The van der Waals surface area contributed by atoms with Crippen molar-refractivity contribution in [1.82, 2.24) is 5.32 Å². The van der Waals surface area contributed by atoms with Gasteiger partial charge in [0, 0.05) is 12.6 Å². The summed E-state index contributed by atoms with van der Waals surface area (Å²) in [7, 11) is 0. The summed E-state index contributed by atoms with van der Waals surface area (Å²) in [5.74, 6) is -0.691. The second-order valence-corrected chi connectivity index (χ2v) is 3.93. The first-order valence-corrected chi connectivity index (χ1v) is 5.58. The van der Waals surface area contributed by atoms with E-state index in [0.717, 1.165) is 0 Å². The van der Waals surface area contributed by atoms with Crippen LogP contribution < -0.4 is 10.2 Å². The third-order valence-electron chi connectivity index (χ3n) is 2.26. The van der Waals surface area contributed by atoms with Gasteiger partial charge in [0.05, 0.1) is 6.20 Å².